The molecular formula is C46H27N5O. The molecule has 0 spiro atoms. The average Bonchev–Trinajstić information content (AvgIpc) is 3.76. The van der Waals surface area contributed by atoms with Gasteiger partial charge in [-0.05, 0) is 70.1 Å². The lowest BCUT2D eigenvalue weighted by Crippen LogP contribution is -2.00. The van der Waals surface area contributed by atoms with Crippen molar-refractivity contribution in [2.75, 3.05) is 0 Å². The number of para-hydroxylation sites is 2. The van der Waals surface area contributed by atoms with Crippen LogP contribution in [0.5, 0.6) is 0 Å². The summed E-state index contributed by atoms with van der Waals surface area (Å²) in [5, 5.41) is 8.89. The van der Waals surface area contributed by atoms with E-state index in [4.69, 9.17) is 24.4 Å². The number of aromatic nitrogens is 5. The van der Waals surface area contributed by atoms with Crippen LogP contribution in [0.25, 0.3) is 105 Å². The van der Waals surface area contributed by atoms with Crippen LogP contribution in [0, 0.1) is 0 Å². The van der Waals surface area contributed by atoms with Crippen molar-refractivity contribution in [3.63, 3.8) is 0 Å². The summed E-state index contributed by atoms with van der Waals surface area (Å²) in [7, 11) is 0. The molecule has 0 fully saturated rings. The van der Waals surface area contributed by atoms with E-state index < -0.39 is 0 Å². The molecule has 0 radical (unpaired) electrons. The van der Waals surface area contributed by atoms with Gasteiger partial charge in [0.1, 0.15) is 16.8 Å². The second kappa shape index (κ2) is 11.2. The van der Waals surface area contributed by atoms with E-state index in [2.05, 4.69) is 144 Å². The molecule has 11 aromatic rings. The zero-order valence-electron chi connectivity index (χ0n) is 27.7. The SMILES string of the molecule is c1ccc2cc(-c3nc(-c4ccc5ccccc5c4)nc(-c4cccc5c4oc4cc(-n6c7ccccc7c7cccnc76)ccc45)n3)ccc2c1. The Kier molecular flexibility index (Phi) is 6.15. The van der Waals surface area contributed by atoms with Gasteiger partial charge >= 0.3 is 0 Å². The van der Waals surface area contributed by atoms with Gasteiger partial charge in [0.2, 0.25) is 0 Å². The third-order valence-electron chi connectivity index (χ3n) is 10.1. The van der Waals surface area contributed by atoms with Crippen molar-refractivity contribution in [3.05, 3.63) is 164 Å². The summed E-state index contributed by atoms with van der Waals surface area (Å²) in [6.45, 7) is 0. The average molecular weight is 666 g/mol. The summed E-state index contributed by atoms with van der Waals surface area (Å²) in [5.41, 5.74) is 7.15. The summed E-state index contributed by atoms with van der Waals surface area (Å²) in [4.78, 5) is 20.1. The molecule has 0 aliphatic carbocycles. The fourth-order valence-electron chi connectivity index (χ4n) is 7.57. The van der Waals surface area contributed by atoms with Gasteiger partial charge in [-0.2, -0.15) is 0 Å². The van der Waals surface area contributed by atoms with Gasteiger partial charge < -0.3 is 4.42 Å². The first-order valence-corrected chi connectivity index (χ1v) is 17.3. The fraction of sp³-hybridized carbons (Fsp3) is 0. The molecule has 0 atom stereocenters. The minimum absolute atomic E-state index is 0.554. The summed E-state index contributed by atoms with van der Waals surface area (Å²) < 4.78 is 8.98. The minimum atomic E-state index is 0.554. The van der Waals surface area contributed by atoms with Crippen LogP contribution in [0.1, 0.15) is 0 Å². The van der Waals surface area contributed by atoms with Crippen molar-refractivity contribution < 1.29 is 4.42 Å². The number of pyridine rings is 1. The molecular weight excluding hydrogens is 639 g/mol. The van der Waals surface area contributed by atoms with E-state index in [0.717, 1.165) is 77.0 Å². The Hall–Kier alpha value is -7.18. The maximum Gasteiger partial charge on any atom is 0.167 e. The lowest BCUT2D eigenvalue weighted by molar-refractivity contribution is 0.669. The summed E-state index contributed by atoms with van der Waals surface area (Å²) in [6.07, 6.45) is 1.84. The van der Waals surface area contributed by atoms with E-state index in [1.807, 2.05) is 24.4 Å². The second-order valence-corrected chi connectivity index (χ2v) is 13.1. The predicted octanol–water partition coefficient (Wildman–Crippen LogP) is 11.6. The molecule has 0 saturated heterocycles. The van der Waals surface area contributed by atoms with Crippen LogP contribution in [0.15, 0.2) is 168 Å². The molecule has 11 rings (SSSR count). The highest BCUT2D eigenvalue weighted by Crippen LogP contribution is 2.38. The molecule has 0 saturated carbocycles. The first-order chi connectivity index (χ1) is 25.7. The van der Waals surface area contributed by atoms with E-state index in [1.54, 1.807) is 0 Å². The van der Waals surface area contributed by atoms with Crippen LogP contribution in [0.2, 0.25) is 0 Å². The summed E-state index contributed by atoms with van der Waals surface area (Å²) in [5.74, 6) is 1.76. The quantitative estimate of drug-likeness (QED) is 0.187. The number of hydrogen-bond acceptors (Lipinski definition) is 5. The van der Waals surface area contributed by atoms with Gasteiger partial charge in [0, 0.05) is 44.9 Å². The van der Waals surface area contributed by atoms with Crippen molar-refractivity contribution >= 4 is 65.4 Å². The molecule has 0 bridgehead atoms. The first-order valence-electron chi connectivity index (χ1n) is 17.3. The Bertz CT molecular complexity index is 3060. The normalized spacial score (nSPS) is 11.8. The maximum atomic E-state index is 6.77. The molecule has 242 valence electrons. The van der Waals surface area contributed by atoms with E-state index in [-0.39, 0.29) is 0 Å². The molecule has 52 heavy (non-hydrogen) atoms. The molecule has 0 unspecified atom stereocenters. The Morgan fingerprint density at radius 3 is 1.83 bits per heavy atom. The van der Waals surface area contributed by atoms with Crippen LogP contribution in [0.4, 0.5) is 0 Å². The first kappa shape index (κ1) is 28.6. The highest BCUT2D eigenvalue weighted by atomic mass is 16.3. The standard InChI is InChI=1S/C46H27N5O/c1-3-11-30-25-32(20-18-28(30)9-1)43-48-44(33-21-19-29-10-2-4-12-31(29)26-33)50-45(49-43)39-15-7-14-37-36-23-22-34(27-41(36)52-42(37)39)51-40-17-6-5-13-35(40)38-16-8-24-47-46(38)51/h1-27H. The molecule has 7 aromatic carbocycles. The van der Waals surface area contributed by atoms with E-state index in [1.165, 1.54) is 10.8 Å². The lowest BCUT2D eigenvalue weighted by atomic mass is 10.0. The van der Waals surface area contributed by atoms with Gasteiger partial charge in [-0.25, -0.2) is 19.9 Å². The zero-order chi connectivity index (χ0) is 34.2. The predicted molar refractivity (Wildman–Crippen MR) is 211 cm³/mol. The van der Waals surface area contributed by atoms with E-state index >= 15 is 0 Å². The van der Waals surface area contributed by atoms with Crippen molar-refractivity contribution in [2.24, 2.45) is 0 Å². The number of nitrogens with zero attached hydrogens (tertiary/aromatic N) is 5. The lowest BCUT2D eigenvalue weighted by Gasteiger charge is -2.10. The van der Waals surface area contributed by atoms with Crippen LogP contribution >= 0.6 is 0 Å². The third kappa shape index (κ3) is 4.44. The molecule has 6 nitrogen and oxygen atoms in total. The largest absolute Gasteiger partial charge is 0.455 e. The van der Waals surface area contributed by atoms with Crippen LogP contribution in [0.3, 0.4) is 0 Å². The molecule has 4 heterocycles. The summed E-state index contributed by atoms with van der Waals surface area (Å²) >= 11 is 0. The number of hydrogen-bond donors (Lipinski definition) is 0. The monoisotopic (exact) mass is 665 g/mol. The Morgan fingerprint density at radius 2 is 1.08 bits per heavy atom. The Morgan fingerprint density at radius 1 is 0.442 bits per heavy atom. The van der Waals surface area contributed by atoms with Gasteiger partial charge in [0.05, 0.1) is 16.8 Å². The molecule has 6 heteroatoms. The maximum absolute atomic E-state index is 6.77. The number of fused-ring (bicyclic) bond motifs is 8. The van der Waals surface area contributed by atoms with E-state index in [9.17, 15) is 0 Å². The van der Waals surface area contributed by atoms with Gasteiger partial charge in [0.15, 0.2) is 17.5 Å². The van der Waals surface area contributed by atoms with Crippen molar-refractivity contribution in [1.82, 2.24) is 24.5 Å². The van der Waals surface area contributed by atoms with Crippen LogP contribution in [-0.2, 0) is 0 Å². The topological polar surface area (TPSA) is 69.6 Å². The fourth-order valence-corrected chi connectivity index (χ4v) is 7.57. The second-order valence-electron chi connectivity index (χ2n) is 13.1. The van der Waals surface area contributed by atoms with Gasteiger partial charge in [-0.3, -0.25) is 4.57 Å². The minimum Gasteiger partial charge on any atom is -0.455 e. The highest BCUT2D eigenvalue weighted by Gasteiger charge is 2.20. The van der Waals surface area contributed by atoms with Crippen molar-refractivity contribution in [3.8, 4) is 39.9 Å². The van der Waals surface area contributed by atoms with Gasteiger partial charge in [0.25, 0.3) is 0 Å². The molecule has 0 N–H and O–H groups in total. The molecule has 0 amide bonds. The van der Waals surface area contributed by atoms with Crippen LogP contribution in [-0.4, -0.2) is 24.5 Å². The van der Waals surface area contributed by atoms with Crippen molar-refractivity contribution in [2.45, 2.75) is 0 Å². The zero-order valence-corrected chi connectivity index (χ0v) is 27.7. The van der Waals surface area contributed by atoms with Gasteiger partial charge in [-0.1, -0.05) is 103 Å². The van der Waals surface area contributed by atoms with Gasteiger partial charge in [-0.15, -0.1) is 0 Å². The Labute approximate surface area is 297 Å². The van der Waals surface area contributed by atoms with Crippen molar-refractivity contribution in [1.29, 1.82) is 0 Å². The molecule has 4 aromatic heterocycles. The molecule has 0 aliphatic rings. The number of benzene rings is 7. The number of rotatable bonds is 4. The Balaban J connectivity index is 1.12. The summed E-state index contributed by atoms with van der Waals surface area (Å²) in [6, 6.07) is 54.5. The molecule has 0 aliphatic heterocycles. The number of furan rings is 1. The smallest absolute Gasteiger partial charge is 0.167 e. The van der Waals surface area contributed by atoms with E-state index in [0.29, 0.717) is 17.5 Å². The van der Waals surface area contributed by atoms with Crippen LogP contribution < -0.4 is 0 Å². The third-order valence-corrected chi connectivity index (χ3v) is 10.1. The highest BCUT2D eigenvalue weighted by molar-refractivity contribution is 6.11.